The number of rotatable bonds is 6. The summed E-state index contributed by atoms with van der Waals surface area (Å²) in [5, 5.41) is 5.56. The van der Waals surface area contributed by atoms with Gasteiger partial charge in [-0.3, -0.25) is 14.2 Å². The van der Waals surface area contributed by atoms with Gasteiger partial charge in [-0.1, -0.05) is 12.1 Å². The molecule has 0 unspecified atom stereocenters. The third kappa shape index (κ3) is 4.81. The minimum absolute atomic E-state index is 0.113. The van der Waals surface area contributed by atoms with Crippen molar-refractivity contribution in [1.82, 2.24) is 19.9 Å². The lowest BCUT2D eigenvalue weighted by atomic mass is 10.2. The van der Waals surface area contributed by atoms with Crippen LogP contribution in [0.5, 0.6) is 0 Å². The Hall–Kier alpha value is -3.63. The minimum atomic E-state index is -4.46. The average Bonchev–Trinajstić information content (AvgIpc) is 2.68. The van der Waals surface area contributed by atoms with Gasteiger partial charge in [0.2, 0.25) is 5.91 Å². The smallest absolute Gasteiger partial charge is 0.368 e. The van der Waals surface area contributed by atoms with E-state index in [-0.39, 0.29) is 24.3 Å². The lowest BCUT2D eigenvalue weighted by Crippen LogP contribution is -2.41. The zero-order valence-electron chi connectivity index (χ0n) is 14.9. The van der Waals surface area contributed by atoms with E-state index in [1.165, 1.54) is 6.07 Å². The first kappa shape index (κ1) is 20.1. The Bertz CT molecular complexity index is 1140. The fourth-order valence-corrected chi connectivity index (χ4v) is 2.60. The van der Waals surface area contributed by atoms with Crippen LogP contribution in [0.15, 0.2) is 52.2 Å². The molecule has 0 aliphatic rings. The maximum atomic E-state index is 12.5. The van der Waals surface area contributed by atoms with E-state index in [4.69, 9.17) is 0 Å². The van der Waals surface area contributed by atoms with Crippen molar-refractivity contribution in [2.75, 3.05) is 18.4 Å². The number of anilines is 1. The average molecular weight is 407 g/mol. The van der Waals surface area contributed by atoms with Gasteiger partial charge in [-0.15, -0.1) is 0 Å². The van der Waals surface area contributed by atoms with Crippen molar-refractivity contribution in [3.05, 3.63) is 69.0 Å². The van der Waals surface area contributed by atoms with Gasteiger partial charge in [0, 0.05) is 19.3 Å². The van der Waals surface area contributed by atoms with Crippen LogP contribution in [-0.2, 0) is 17.5 Å². The molecule has 0 spiro atoms. The van der Waals surface area contributed by atoms with Crippen LogP contribution in [0.25, 0.3) is 10.9 Å². The number of hydrogen-bond acceptors (Lipinski definition) is 5. The highest BCUT2D eigenvalue weighted by Gasteiger charge is 2.30. The van der Waals surface area contributed by atoms with Crippen molar-refractivity contribution in [2.45, 2.75) is 12.7 Å². The van der Waals surface area contributed by atoms with Gasteiger partial charge in [0.05, 0.1) is 16.5 Å². The molecule has 152 valence electrons. The fourth-order valence-electron chi connectivity index (χ4n) is 2.60. The molecule has 0 aliphatic heterocycles. The maximum absolute atomic E-state index is 12.5. The van der Waals surface area contributed by atoms with E-state index >= 15 is 0 Å². The van der Waals surface area contributed by atoms with E-state index in [0.29, 0.717) is 11.7 Å². The van der Waals surface area contributed by atoms with Crippen molar-refractivity contribution >= 4 is 22.6 Å². The number of aromatic nitrogens is 3. The molecule has 0 fully saturated rings. The van der Waals surface area contributed by atoms with Crippen LogP contribution in [-0.4, -0.2) is 33.5 Å². The lowest BCUT2D eigenvalue weighted by molar-refractivity contribution is -0.137. The van der Waals surface area contributed by atoms with E-state index in [1.807, 2.05) is 0 Å². The summed E-state index contributed by atoms with van der Waals surface area (Å²) < 4.78 is 38.2. The number of H-pyrrole nitrogens is 1. The van der Waals surface area contributed by atoms with Crippen LogP contribution in [0.3, 0.4) is 0 Å². The second-order valence-corrected chi connectivity index (χ2v) is 6.07. The molecule has 2 heterocycles. The van der Waals surface area contributed by atoms with Crippen molar-refractivity contribution < 1.29 is 18.0 Å². The van der Waals surface area contributed by atoms with E-state index in [1.54, 1.807) is 24.3 Å². The molecule has 8 nitrogen and oxygen atoms in total. The Morgan fingerprint density at radius 3 is 2.55 bits per heavy atom. The predicted molar refractivity (Wildman–Crippen MR) is 99.6 cm³/mol. The molecule has 29 heavy (non-hydrogen) atoms. The number of benzene rings is 1. The van der Waals surface area contributed by atoms with Crippen LogP contribution >= 0.6 is 0 Å². The molecule has 0 bridgehead atoms. The van der Waals surface area contributed by atoms with Crippen LogP contribution in [0.1, 0.15) is 5.56 Å². The number of para-hydroxylation sites is 1. The number of nitrogens with one attached hydrogen (secondary N) is 3. The molecular weight excluding hydrogens is 391 g/mol. The van der Waals surface area contributed by atoms with Gasteiger partial charge in [0.1, 0.15) is 12.4 Å². The third-order valence-corrected chi connectivity index (χ3v) is 4.04. The highest BCUT2D eigenvalue weighted by atomic mass is 19.4. The molecule has 0 saturated heterocycles. The maximum Gasteiger partial charge on any atom is 0.417 e. The first-order chi connectivity index (χ1) is 13.8. The van der Waals surface area contributed by atoms with Gasteiger partial charge in [-0.25, -0.2) is 9.78 Å². The molecule has 1 amide bonds. The van der Waals surface area contributed by atoms with E-state index in [2.05, 4.69) is 20.6 Å². The van der Waals surface area contributed by atoms with Gasteiger partial charge in [-0.05, 0) is 24.3 Å². The topological polar surface area (TPSA) is 109 Å². The van der Waals surface area contributed by atoms with Crippen LogP contribution in [0.4, 0.5) is 19.0 Å². The summed E-state index contributed by atoms with van der Waals surface area (Å²) in [6.07, 6.45) is -3.75. The van der Waals surface area contributed by atoms with Crippen molar-refractivity contribution in [3.8, 4) is 0 Å². The first-order valence-corrected chi connectivity index (χ1v) is 8.51. The van der Waals surface area contributed by atoms with Crippen molar-refractivity contribution in [2.24, 2.45) is 0 Å². The fraction of sp³-hybridized carbons (Fsp3) is 0.222. The number of aromatic amines is 1. The largest absolute Gasteiger partial charge is 0.417 e. The van der Waals surface area contributed by atoms with Gasteiger partial charge in [-0.2, -0.15) is 13.2 Å². The molecule has 0 atom stereocenters. The third-order valence-electron chi connectivity index (χ3n) is 4.04. The monoisotopic (exact) mass is 407 g/mol. The quantitative estimate of drug-likeness (QED) is 0.535. The van der Waals surface area contributed by atoms with Crippen LogP contribution < -0.4 is 21.9 Å². The number of pyridine rings is 1. The van der Waals surface area contributed by atoms with Gasteiger partial charge < -0.3 is 15.6 Å². The van der Waals surface area contributed by atoms with Crippen molar-refractivity contribution in [1.29, 1.82) is 0 Å². The highest BCUT2D eigenvalue weighted by Crippen LogP contribution is 2.28. The molecule has 1 aromatic carbocycles. The van der Waals surface area contributed by atoms with Crippen molar-refractivity contribution in [3.63, 3.8) is 0 Å². The standard InChI is InChI=1S/C18H16F3N5O3/c19-18(20,21)11-5-6-14(24-9-11)22-7-8-23-15(27)10-26-16(28)12-3-1-2-4-13(12)25-17(26)29/h1-6,9H,7-8,10H2,(H,22,24)(H,23,27)(H,25,29). The Morgan fingerprint density at radius 1 is 1.10 bits per heavy atom. The minimum Gasteiger partial charge on any atom is -0.368 e. The number of nitrogens with zero attached hydrogens (tertiary/aromatic N) is 2. The molecule has 3 aromatic rings. The Labute approximate surface area is 161 Å². The summed E-state index contributed by atoms with van der Waals surface area (Å²) in [6.45, 7) is -0.160. The summed E-state index contributed by atoms with van der Waals surface area (Å²) in [6, 6.07) is 8.53. The number of alkyl halides is 3. The van der Waals surface area contributed by atoms with Gasteiger partial charge in [0.25, 0.3) is 5.56 Å². The van der Waals surface area contributed by atoms with Gasteiger partial charge in [0.15, 0.2) is 0 Å². The molecule has 0 aliphatic carbocycles. The predicted octanol–water partition coefficient (Wildman–Crippen LogP) is 1.33. The molecule has 3 rings (SSSR count). The number of hydrogen-bond donors (Lipinski definition) is 3. The molecule has 11 heteroatoms. The summed E-state index contributed by atoms with van der Waals surface area (Å²) >= 11 is 0. The molecular formula is C18H16F3N5O3. The van der Waals surface area contributed by atoms with E-state index in [9.17, 15) is 27.6 Å². The molecule has 0 radical (unpaired) electrons. The second-order valence-electron chi connectivity index (χ2n) is 6.07. The molecule has 2 aromatic heterocycles. The number of amides is 1. The zero-order chi connectivity index (χ0) is 21.0. The normalized spacial score (nSPS) is 11.4. The summed E-state index contributed by atoms with van der Waals surface area (Å²) in [7, 11) is 0. The zero-order valence-corrected chi connectivity index (χ0v) is 14.9. The van der Waals surface area contributed by atoms with Crippen LogP contribution in [0.2, 0.25) is 0 Å². The summed E-state index contributed by atoms with van der Waals surface area (Å²) in [5.41, 5.74) is -1.75. The second kappa shape index (κ2) is 8.17. The van der Waals surface area contributed by atoms with E-state index < -0.39 is 35.4 Å². The molecule has 3 N–H and O–H groups in total. The highest BCUT2D eigenvalue weighted by molar-refractivity contribution is 5.78. The van der Waals surface area contributed by atoms with Gasteiger partial charge >= 0.3 is 11.9 Å². The Kier molecular flexibility index (Phi) is 5.66. The Morgan fingerprint density at radius 2 is 1.86 bits per heavy atom. The Balaban J connectivity index is 1.54. The first-order valence-electron chi connectivity index (χ1n) is 8.51. The number of carbonyl (C=O) groups is 1. The molecule has 0 saturated carbocycles. The number of carbonyl (C=O) groups excluding carboxylic acids is 1. The summed E-state index contributed by atoms with van der Waals surface area (Å²) in [4.78, 5) is 42.6. The van der Waals surface area contributed by atoms with E-state index in [0.717, 1.165) is 10.6 Å². The SMILES string of the molecule is O=C(Cn1c(=O)[nH]c2ccccc2c1=O)NCCNc1ccc(C(F)(F)F)cn1. The lowest BCUT2D eigenvalue weighted by Gasteiger charge is -2.10. The van der Waals surface area contributed by atoms with Crippen LogP contribution in [0, 0.1) is 0 Å². The number of fused-ring (bicyclic) bond motifs is 1. The number of halogens is 3. The summed E-state index contributed by atoms with van der Waals surface area (Å²) in [5.74, 6) is -0.343.